The second-order valence-electron chi connectivity index (χ2n) is 3.88. The van der Waals surface area contributed by atoms with Crippen molar-refractivity contribution < 1.29 is 4.74 Å². The van der Waals surface area contributed by atoms with Gasteiger partial charge in [0.1, 0.15) is 0 Å². The van der Waals surface area contributed by atoms with Gasteiger partial charge in [0.15, 0.2) is 0 Å². The Balaban J connectivity index is 1.94. The summed E-state index contributed by atoms with van der Waals surface area (Å²) in [6.45, 7) is 0.904. The van der Waals surface area contributed by atoms with Crippen LogP contribution in [0.5, 0.6) is 6.01 Å². The zero-order valence-electron chi connectivity index (χ0n) is 9.66. The molecule has 2 rings (SSSR count). The number of aromatic nitrogens is 3. The predicted octanol–water partition coefficient (Wildman–Crippen LogP) is 1.13. The molecule has 1 aromatic rings. The van der Waals surface area contributed by atoms with Gasteiger partial charge in [-0.05, 0) is 12.3 Å². The SMILES string of the molecule is CNc1nc(NCCC2CC2)nc(OC)n1. The van der Waals surface area contributed by atoms with Gasteiger partial charge in [-0.25, -0.2) is 0 Å². The first kappa shape index (κ1) is 10.9. The monoisotopic (exact) mass is 223 g/mol. The summed E-state index contributed by atoms with van der Waals surface area (Å²) in [5.74, 6) is 1.98. The first-order valence-electron chi connectivity index (χ1n) is 5.53. The molecule has 1 saturated carbocycles. The number of rotatable bonds is 6. The minimum atomic E-state index is 0.327. The highest BCUT2D eigenvalue weighted by atomic mass is 16.5. The maximum absolute atomic E-state index is 4.99. The van der Waals surface area contributed by atoms with E-state index in [0.717, 1.165) is 12.5 Å². The fourth-order valence-corrected chi connectivity index (χ4v) is 1.43. The van der Waals surface area contributed by atoms with Crippen LogP contribution in [0.4, 0.5) is 11.9 Å². The number of ether oxygens (including phenoxy) is 1. The molecule has 6 nitrogen and oxygen atoms in total. The van der Waals surface area contributed by atoms with E-state index in [0.29, 0.717) is 17.9 Å². The smallest absolute Gasteiger partial charge is 0.322 e. The molecule has 2 N–H and O–H groups in total. The molecule has 1 aliphatic carbocycles. The van der Waals surface area contributed by atoms with Gasteiger partial charge >= 0.3 is 6.01 Å². The summed E-state index contributed by atoms with van der Waals surface area (Å²) in [4.78, 5) is 12.3. The molecule has 0 unspecified atom stereocenters. The van der Waals surface area contributed by atoms with E-state index in [1.807, 2.05) is 0 Å². The molecule has 88 valence electrons. The molecule has 0 aliphatic heterocycles. The molecule has 1 fully saturated rings. The Labute approximate surface area is 94.9 Å². The predicted molar refractivity (Wildman–Crippen MR) is 61.8 cm³/mol. The molecule has 0 amide bonds. The van der Waals surface area contributed by atoms with E-state index in [2.05, 4.69) is 25.6 Å². The van der Waals surface area contributed by atoms with Gasteiger partial charge in [0, 0.05) is 13.6 Å². The Morgan fingerprint density at radius 3 is 2.62 bits per heavy atom. The van der Waals surface area contributed by atoms with Crippen molar-refractivity contribution in [1.82, 2.24) is 15.0 Å². The highest BCUT2D eigenvalue weighted by molar-refractivity contribution is 5.35. The molecule has 1 aromatic heterocycles. The van der Waals surface area contributed by atoms with Crippen molar-refractivity contribution in [1.29, 1.82) is 0 Å². The number of nitrogens with one attached hydrogen (secondary N) is 2. The highest BCUT2D eigenvalue weighted by Crippen LogP contribution is 2.31. The van der Waals surface area contributed by atoms with E-state index in [-0.39, 0.29) is 0 Å². The minimum absolute atomic E-state index is 0.327. The lowest BCUT2D eigenvalue weighted by atomic mass is 10.3. The average molecular weight is 223 g/mol. The number of anilines is 2. The molecule has 0 saturated heterocycles. The van der Waals surface area contributed by atoms with Crippen molar-refractivity contribution in [2.75, 3.05) is 31.3 Å². The van der Waals surface area contributed by atoms with Crippen molar-refractivity contribution in [3.8, 4) is 6.01 Å². The standard InChI is InChI=1S/C10H17N5O/c1-11-8-13-9(15-10(14-8)16-2)12-6-5-7-3-4-7/h7H,3-6H2,1-2H3,(H2,11,12,13,14,15). The number of hydrogen-bond acceptors (Lipinski definition) is 6. The summed E-state index contributed by atoms with van der Waals surface area (Å²) in [7, 11) is 3.31. The molecular weight excluding hydrogens is 206 g/mol. The van der Waals surface area contributed by atoms with Gasteiger partial charge in [0.25, 0.3) is 0 Å². The summed E-state index contributed by atoms with van der Waals surface area (Å²) in [5, 5.41) is 6.05. The Morgan fingerprint density at radius 1 is 1.25 bits per heavy atom. The van der Waals surface area contributed by atoms with Crippen LogP contribution in [0.3, 0.4) is 0 Å². The third-order valence-electron chi connectivity index (χ3n) is 2.55. The van der Waals surface area contributed by atoms with E-state index in [1.165, 1.54) is 19.3 Å². The molecule has 0 atom stereocenters. The largest absolute Gasteiger partial charge is 0.467 e. The van der Waals surface area contributed by atoms with Crippen LogP contribution in [-0.4, -0.2) is 35.7 Å². The Kier molecular flexibility index (Phi) is 3.38. The van der Waals surface area contributed by atoms with Gasteiger partial charge < -0.3 is 15.4 Å². The average Bonchev–Trinajstić information content (AvgIpc) is 3.12. The highest BCUT2D eigenvalue weighted by Gasteiger charge is 2.20. The van der Waals surface area contributed by atoms with Crippen LogP contribution < -0.4 is 15.4 Å². The van der Waals surface area contributed by atoms with Crippen LogP contribution in [0.25, 0.3) is 0 Å². The Hall–Kier alpha value is -1.59. The van der Waals surface area contributed by atoms with Crippen molar-refractivity contribution in [2.45, 2.75) is 19.3 Å². The second kappa shape index (κ2) is 4.96. The van der Waals surface area contributed by atoms with Crippen LogP contribution in [0.2, 0.25) is 0 Å². The molecule has 0 aromatic carbocycles. The van der Waals surface area contributed by atoms with Crippen molar-refractivity contribution in [3.63, 3.8) is 0 Å². The number of hydrogen-bond donors (Lipinski definition) is 2. The van der Waals surface area contributed by atoms with Gasteiger partial charge in [-0.1, -0.05) is 12.8 Å². The van der Waals surface area contributed by atoms with Crippen LogP contribution in [-0.2, 0) is 0 Å². The maximum atomic E-state index is 4.99. The van der Waals surface area contributed by atoms with Crippen molar-refractivity contribution in [2.24, 2.45) is 5.92 Å². The lowest BCUT2D eigenvalue weighted by molar-refractivity contribution is 0.379. The van der Waals surface area contributed by atoms with Crippen LogP contribution in [0.1, 0.15) is 19.3 Å². The van der Waals surface area contributed by atoms with Crippen molar-refractivity contribution in [3.05, 3.63) is 0 Å². The van der Waals surface area contributed by atoms with E-state index in [9.17, 15) is 0 Å². The van der Waals surface area contributed by atoms with Crippen LogP contribution in [0.15, 0.2) is 0 Å². The van der Waals surface area contributed by atoms with Gasteiger partial charge in [0.2, 0.25) is 11.9 Å². The fourth-order valence-electron chi connectivity index (χ4n) is 1.43. The first-order valence-corrected chi connectivity index (χ1v) is 5.53. The summed E-state index contributed by atoms with van der Waals surface area (Å²) in [6.07, 6.45) is 3.91. The molecule has 6 heteroatoms. The summed E-state index contributed by atoms with van der Waals surface area (Å²) < 4.78 is 4.99. The zero-order chi connectivity index (χ0) is 11.4. The molecule has 0 spiro atoms. The Morgan fingerprint density at radius 2 is 2.00 bits per heavy atom. The van der Waals surface area contributed by atoms with E-state index in [4.69, 9.17) is 4.74 Å². The Bertz CT molecular complexity index is 331. The van der Waals surface area contributed by atoms with Crippen molar-refractivity contribution >= 4 is 11.9 Å². The van der Waals surface area contributed by atoms with Gasteiger partial charge in [-0.2, -0.15) is 15.0 Å². The topological polar surface area (TPSA) is 72.0 Å². The molecule has 1 aliphatic rings. The summed E-state index contributed by atoms with van der Waals surface area (Å²) in [6, 6.07) is 0.327. The third kappa shape index (κ3) is 2.95. The van der Waals surface area contributed by atoms with Gasteiger partial charge in [-0.3, -0.25) is 0 Å². The number of nitrogens with zero attached hydrogens (tertiary/aromatic N) is 3. The second-order valence-corrected chi connectivity index (χ2v) is 3.88. The lowest BCUT2D eigenvalue weighted by Gasteiger charge is -2.07. The zero-order valence-corrected chi connectivity index (χ0v) is 9.66. The molecule has 16 heavy (non-hydrogen) atoms. The normalized spacial score (nSPS) is 14.6. The molecule has 1 heterocycles. The molecular formula is C10H17N5O. The summed E-state index contributed by atoms with van der Waals surface area (Å²) in [5.41, 5.74) is 0. The fraction of sp³-hybridized carbons (Fsp3) is 0.700. The maximum Gasteiger partial charge on any atom is 0.322 e. The van der Waals surface area contributed by atoms with Gasteiger partial charge in [-0.15, -0.1) is 0 Å². The van der Waals surface area contributed by atoms with Crippen LogP contribution in [0, 0.1) is 5.92 Å². The van der Waals surface area contributed by atoms with Gasteiger partial charge in [0.05, 0.1) is 7.11 Å². The molecule has 0 bridgehead atoms. The van der Waals surface area contributed by atoms with Crippen LogP contribution >= 0.6 is 0 Å². The van der Waals surface area contributed by atoms with E-state index < -0.39 is 0 Å². The third-order valence-corrected chi connectivity index (χ3v) is 2.55. The lowest BCUT2D eigenvalue weighted by Crippen LogP contribution is -2.09. The first-order chi connectivity index (χ1) is 7.81. The summed E-state index contributed by atoms with van der Waals surface area (Å²) >= 11 is 0. The minimum Gasteiger partial charge on any atom is -0.467 e. The van der Waals surface area contributed by atoms with E-state index >= 15 is 0 Å². The number of methoxy groups -OCH3 is 1. The van der Waals surface area contributed by atoms with E-state index in [1.54, 1.807) is 14.2 Å². The molecule has 0 radical (unpaired) electrons. The quantitative estimate of drug-likeness (QED) is 0.753.